The first-order valence-corrected chi connectivity index (χ1v) is 15.4. The maximum atomic E-state index is 13.4. The lowest BCUT2D eigenvalue weighted by molar-refractivity contribution is -0.230. The van der Waals surface area contributed by atoms with Gasteiger partial charge in [0.2, 0.25) is 0 Å². The van der Waals surface area contributed by atoms with Crippen LogP contribution in [0.4, 0.5) is 0 Å². The van der Waals surface area contributed by atoms with Gasteiger partial charge < -0.3 is 20.1 Å². The van der Waals surface area contributed by atoms with Gasteiger partial charge in [-0.3, -0.25) is 4.79 Å². The van der Waals surface area contributed by atoms with E-state index in [1.807, 2.05) is 0 Å². The zero-order valence-electron chi connectivity index (χ0n) is 25.1. The summed E-state index contributed by atoms with van der Waals surface area (Å²) >= 11 is 0. The molecule has 0 bridgehead atoms. The summed E-state index contributed by atoms with van der Waals surface area (Å²) in [5, 5.41) is 32.0. The van der Waals surface area contributed by atoms with Crippen molar-refractivity contribution in [2.45, 2.75) is 112 Å². The number of rotatable bonds is 4. The molecule has 0 aliphatic heterocycles. The number of carbonyl (C=O) groups is 1. The number of allylic oxidation sites excluding steroid dienone is 2. The Bertz CT molecular complexity index is 988. The fourth-order valence-corrected chi connectivity index (χ4v) is 11.7. The summed E-state index contributed by atoms with van der Waals surface area (Å²) in [4.78, 5) is 13.4. The molecule has 0 saturated heterocycles. The summed E-state index contributed by atoms with van der Waals surface area (Å²) in [7, 11) is 1.56. The van der Waals surface area contributed by atoms with E-state index < -0.39 is 16.9 Å². The number of ether oxygens (including phenoxy) is 1. The molecule has 216 valence electrons. The second-order valence-corrected chi connectivity index (χ2v) is 15.9. The molecule has 0 aromatic carbocycles. The molecule has 0 heterocycles. The Kier molecular flexibility index (Phi) is 6.81. The van der Waals surface area contributed by atoms with Crippen molar-refractivity contribution in [3.05, 3.63) is 11.6 Å². The Balaban J connectivity index is 1.59. The zero-order valence-corrected chi connectivity index (χ0v) is 25.1. The molecule has 5 aliphatic rings. The monoisotopic (exact) mass is 530 g/mol. The van der Waals surface area contributed by atoms with Crippen LogP contribution in [0, 0.1) is 56.2 Å². The lowest BCUT2D eigenvalue weighted by Gasteiger charge is -2.72. The zero-order chi connectivity index (χ0) is 27.9. The molecule has 0 aromatic rings. The number of aliphatic hydroxyl groups is 3. The molecule has 5 aliphatic carbocycles. The molecule has 5 rings (SSSR count). The van der Waals surface area contributed by atoms with E-state index in [0.717, 1.165) is 57.8 Å². The number of aliphatic hydroxyl groups excluding tert-OH is 3. The fraction of sp³-hybridized carbons (Fsp3) is 0.909. The first kappa shape index (κ1) is 28.6. The van der Waals surface area contributed by atoms with E-state index in [-0.39, 0.29) is 52.7 Å². The minimum atomic E-state index is -0.515. The number of carbonyl (C=O) groups excluding carboxylic acids is 1. The Morgan fingerprint density at radius 2 is 1.66 bits per heavy atom. The van der Waals surface area contributed by atoms with E-state index in [0.29, 0.717) is 18.3 Å². The number of methoxy groups -OCH3 is 1. The van der Waals surface area contributed by atoms with Crippen molar-refractivity contribution in [2.24, 2.45) is 56.2 Å². The molecular formula is C33H54O5. The molecule has 5 heteroatoms. The third kappa shape index (κ3) is 3.56. The van der Waals surface area contributed by atoms with Crippen LogP contribution in [0.2, 0.25) is 0 Å². The lowest BCUT2D eigenvalue weighted by atomic mass is 9.33. The van der Waals surface area contributed by atoms with E-state index >= 15 is 0 Å². The number of hydrogen-bond acceptors (Lipinski definition) is 5. The molecule has 0 spiro atoms. The Hall–Kier alpha value is -0.910. The van der Waals surface area contributed by atoms with Crippen molar-refractivity contribution in [1.29, 1.82) is 0 Å². The second kappa shape index (κ2) is 9.05. The van der Waals surface area contributed by atoms with Crippen molar-refractivity contribution in [3.8, 4) is 0 Å². The summed E-state index contributed by atoms with van der Waals surface area (Å²) in [5.74, 6) is 0.857. The minimum absolute atomic E-state index is 0.00200. The van der Waals surface area contributed by atoms with Gasteiger partial charge in [-0.15, -0.1) is 0 Å². The first-order chi connectivity index (χ1) is 17.7. The van der Waals surface area contributed by atoms with Crippen molar-refractivity contribution in [2.75, 3.05) is 20.3 Å². The fourth-order valence-electron chi connectivity index (χ4n) is 11.7. The van der Waals surface area contributed by atoms with Crippen LogP contribution >= 0.6 is 0 Å². The third-order valence-electron chi connectivity index (χ3n) is 14.0. The largest absolute Gasteiger partial charge is 0.469 e. The van der Waals surface area contributed by atoms with Gasteiger partial charge >= 0.3 is 5.97 Å². The van der Waals surface area contributed by atoms with Crippen molar-refractivity contribution in [3.63, 3.8) is 0 Å². The van der Waals surface area contributed by atoms with Gasteiger partial charge in [0.1, 0.15) is 0 Å². The third-order valence-corrected chi connectivity index (χ3v) is 14.0. The van der Waals surface area contributed by atoms with Gasteiger partial charge in [0.05, 0.1) is 18.6 Å². The van der Waals surface area contributed by atoms with E-state index in [4.69, 9.17) is 4.74 Å². The Morgan fingerprint density at radius 3 is 2.29 bits per heavy atom. The Morgan fingerprint density at radius 1 is 0.974 bits per heavy atom. The average molecular weight is 531 g/mol. The maximum absolute atomic E-state index is 13.4. The summed E-state index contributed by atoms with van der Waals surface area (Å²) in [6.07, 6.45) is 11.3. The van der Waals surface area contributed by atoms with Gasteiger partial charge in [-0.25, -0.2) is 0 Å². The molecule has 0 amide bonds. The standard InChI is InChI=1S/C33H54O5/c1-28(2)13-15-33(27(37)38-7)16-14-31(5)21(23(33)18-28)8-9-26-29(3)19-24(36)22(11-17-34)30(4,20-35)25(29)10-12-32(26,31)6/h8,22-26,34-36H,9-20H2,1-7H3. The van der Waals surface area contributed by atoms with Gasteiger partial charge in [-0.05, 0) is 115 Å². The van der Waals surface area contributed by atoms with Gasteiger partial charge in [0, 0.05) is 13.2 Å². The summed E-state index contributed by atoms with van der Waals surface area (Å²) < 4.78 is 5.49. The highest BCUT2D eigenvalue weighted by molar-refractivity contribution is 5.78. The van der Waals surface area contributed by atoms with E-state index in [1.165, 1.54) is 5.57 Å². The van der Waals surface area contributed by atoms with Gasteiger partial charge in [-0.1, -0.05) is 53.2 Å². The molecule has 4 saturated carbocycles. The van der Waals surface area contributed by atoms with Crippen molar-refractivity contribution < 1.29 is 24.9 Å². The highest BCUT2D eigenvalue weighted by Gasteiger charge is 2.70. The van der Waals surface area contributed by atoms with Gasteiger partial charge in [-0.2, -0.15) is 0 Å². The normalized spacial score (nSPS) is 51.5. The molecule has 4 fully saturated rings. The molecule has 10 atom stereocenters. The van der Waals surface area contributed by atoms with Crippen molar-refractivity contribution in [1.82, 2.24) is 0 Å². The van der Waals surface area contributed by atoms with Crippen LogP contribution in [0.5, 0.6) is 0 Å². The average Bonchev–Trinajstić information content (AvgIpc) is 2.86. The summed E-state index contributed by atoms with van der Waals surface area (Å²) in [5.41, 5.74) is 0.899. The molecule has 5 nitrogen and oxygen atoms in total. The van der Waals surface area contributed by atoms with Gasteiger partial charge in [0.25, 0.3) is 0 Å². The molecule has 0 aromatic heterocycles. The molecule has 10 unspecified atom stereocenters. The van der Waals surface area contributed by atoms with Gasteiger partial charge in [0.15, 0.2) is 0 Å². The predicted octanol–water partition coefficient (Wildman–Crippen LogP) is 5.90. The number of hydrogen-bond donors (Lipinski definition) is 3. The van der Waals surface area contributed by atoms with E-state index in [2.05, 4.69) is 47.6 Å². The van der Waals surface area contributed by atoms with Crippen molar-refractivity contribution >= 4 is 5.97 Å². The van der Waals surface area contributed by atoms with Crippen LogP contribution in [0.3, 0.4) is 0 Å². The van der Waals surface area contributed by atoms with E-state index in [9.17, 15) is 20.1 Å². The van der Waals surface area contributed by atoms with Crippen LogP contribution in [0.25, 0.3) is 0 Å². The summed E-state index contributed by atoms with van der Waals surface area (Å²) in [6.45, 7) is 14.4. The first-order valence-electron chi connectivity index (χ1n) is 15.4. The second-order valence-electron chi connectivity index (χ2n) is 15.9. The highest BCUT2D eigenvalue weighted by atomic mass is 16.5. The van der Waals surface area contributed by atoms with Crippen LogP contribution in [0.15, 0.2) is 11.6 Å². The lowest BCUT2D eigenvalue weighted by Crippen LogP contribution is -2.67. The molecular weight excluding hydrogens is 476 g/mol. The predicted molar refractivity (Wildman–Crippen MR) is 149 cm³/mol. The van der Waals surface area contributed by atoms with Crippen LogP contribution in [-0.4, -0.2) is 47.7 Å². The molecule has 0 radical (unpaired) electrons. The van der Waals surface area contributed by atoms with E-state index in [1.54, 1.807) is 7.11 Å². The minimum Gasteiger partial charge on any atom is -0.469 e. The maximum Gasteiger partial charge on any atom is 0.312 e. The van der Waals surface area contributed by atoms with Crippen LogP contribution in [0.1, 0.15) is 106 Å². The Labute approximate surface area is 230 Å². The summed E-state index contributed by atoms with van der Waals surface area (Å²) in [6, 6.07) is 0. The topological polar surface area (TPSA) is 87.0 Å². The van der Waals surface area contributed by atoms with Crippen LogP contribution in [-0.2, 0) is 9.53 Å². The van der Waals surface area contributed by atoms with Crippen LogP contribution < -0.4 is 0 Å². The SMILES string of the molecule is COC(=O)C12CCC(C)(C)CC1C1=CCC3C4(C)CC(O)C(CCO)C(C)(CO)C4CCC3(C)C1(C)CC2. The quantitative estimate of drug-likeness (QED) is 0.311. The highest BCUT2D eigenvalue weighted by Crippen LogP contribution is 2.76. The number of fused-ring (bicyclic) bond motifs is 7. The molecule has 3 N–H and O–H groups in total. The molecule has 38 heavy (non-hydrogen) atoms. The number of esters is 1. The smallest absolute Gasteiger partial charge is 0.312 e.